The molecule has 1 aromatic rings. The Labute approximate surface area is 277 Å². The van der Waals surface area contributed by atoms with Crippen LogP contribution in [0.25, 0.3) is 0 Å². The molecule has 1 saturated carbocycles. The number of rotatable bonds is 5. The van der Waals surface area contributed by atoms with Crippen molar-refractivity contribution in [2.24, 2.45) is 17.3 Å². The largest absolute Gasteiger partial charge is 0.477 e. The van der Waals surface area contributed by atoms with Gasteiger partial charge in [0.15, 0.2) is 0 Å². The summed E-state index contributed by atoms with van der Waals surface area (Å²) in [4.78, 5) is 58.2. The van der Waals surface area contributed by atoms with Crippen molar-refractivity contribution in [3.8, 4) is 11.8 Å². The summed E-state index contributed by atoms with van der Waals surface area (Å²) in [5, 5.41) is 10.2. The number of anilines is 1. The monoisotopic (exact) mass is 657 g/mol. The van der Waals surface area contributed by atoms with Crippen LogP contribution in [0.4, 0.5) is 15.3 Å². The number of likely N-dealkylation sites (tertiary alicyclic amines) is 2. The predicted molar refractivity (Wildman–Crippen MR) is 178 cm³/mol. The van der Waals surface area contributed by atoms with Crippen molar-refractivity contribution in [1.82, 2.24) is 9.80 Å². The Morgan fingerprint density at radius 3 is 2.15 bits per heavy atom. The maximum absolute atomic E-state index is 14.2. The Balaban J connectivity index is 1.48. The van der Waals surface area contributed by atoms with E-state index in [4.69, 9.17) is 9.47 Å². The van der Waals surface area contributed by atoms with Crippen LogP contribution in [0, 0.1) is 29.1 Å². The first-order valence-electron chi connectivity index (χ1n) is 16.7. The minimum absolute atomic E-state index is 0.0343. The number of piperidine rings is 2. The van der Waals surface area contributed by atoms with Crippen LogP contribution in [0.5, 0.6) is 0 Å². The maximum atomic E-state index is 14.2. The molecule has 0 bridgehead atoms. The first kappa shape index (κ1) is 35.6. The van der Waals surface area contributed by atoms with Crippen LogP contribution in [0.2, 0.25) is 0 Å². The second-order valence-corrected chi connectivity index (χ2v) is 16.1. The molecule has 3 aliphatic rings. The standard InChI is InChI=1S/C35H51N3O7S/c1-23-10-12-24(13-11-23)30(39)38(28-21-27(14-17-34(2,3)4)46-29(28)31(40)41)25-15-19-36(20-16-25)32(42)44-26-9-8-18-37(22-26)33(43)45-35(5,6)7/h21,23-26H,8-13,15-16,18-20,22H2,1-7H3,(H,40,41)/t23-,24-,26-/m1/s1. The topological polar surface area (TPSA) is 117 Å². The van der Waals surface area contributed by atoms with Gasteiger partial charge in [0.25, 0.3) is 0 Å². The van der Waals surface area contributed by atoms with E-state index in [1.807, 2.05) is 41.5 Å². The third kappa shape index (κ3) is 9.63. The molecule has 1 aliphatic carbocycles. The van der Waals surface area contributed by atoms with Crippen LogP contribution in [0.1, 0.15) is 114 Å². The van der Waals surface area contributed by atoms with Gasteiger partial charge >= 0.3 is 18.2 Å². The molecule has 10 nitrogen and oxygen atoms in total. The predicted octanol–water partition coefficient (Wildman–Crippen LogP) is 7.00. The van der Waals surface area contributed by atoms with Crippen LogP contribution in [-0.4, -0.2) is 82.9 Å². The molecule has 0 spiro atoms. The summed E-state index contributed by atoms with van der Waals surface area (Å²) in [5.74, 6) is 5.61. The summed E-state index contributed by atoms with van der Waals surface area (Å²) in [6, 6.07) is 1.50. The summed E-state index contributed by atoms with van der Waals surface area (Å²) in [7, 11) is 0. The highest BCUT2D eigenvalue weighted by molar-refractivity contribution is 7.15. The maximum Gasteiger partial charge on any atom is 0.410 e. The van der Waals surface area contributed by atoms with Gasteiger partial charge in [-0.3, -0.25) is 4.79 Å². The molecular weight excluding hydrogens is 606 g/mol. The van der Waals surface area contributed by atoms with E-state index < -0.39 is 29.9 Å². The Kier molecular flexibility index (Phi) is 11.3. The molecule has 46 heavy (non-hydrogen) atoms. The molecule has 4 rings (SSSR count). The van der Waals surface area contributed by atoms with Crippen LogP contribution in [0.15, 0.2) is 6.07 Å². The second-order valence-electron chi connectivity index (χ2n) is 15.1. The third-order valence-corrected chi connectivity index (χ3v) is 9.74. The fourth-order valence-electron chi connectivity index (χ4n) is 6.27. The van der Waals surface area contributed by atoms with Crippen LogP contribution in [-0.2, 0) is 14.3 Å². The van der Waals surface area contributed by atoms with E-state index in [1.165, 1.54) is 0 Å². The average Bonchev–Trinajstić information content (AvgIpc) is 3.40. The molecule has 254 valence electrons. The normalized spacial score (nSPS) is 22.8. The van der Waals surface area contributed by atoms with E-state index >= 15 is 0 Å². The van der Waals surface area contributed by atoms with Gasteiger partial charge in [-0.2, -0.15) is 0 Å². The van der Waals surface area contributed by atoms with Gasteiger partial charge in [0.1, 0.15) is 16.6 Å². The van der Waals surface area contributed by atoms with E-state index in [9.17, 15) is 24.3 Å². The second kappa shape index (κ2) is 14.7. The van der Waals surface area contributed by atoms with Gasteiger partial charge in [0.05, 0.1) is 17.1 Å². The number of carboxylic acids is 1. The fourth-order valence-corrected chi connectivity index (χ4v) is 7.12. The number of hydrogen-bond acceptors (Lipinski definition) is 7. The minimum Gasteiger partial charge on any atom is -0.477 e. The van der Waals surface area contributed by atoms with Crippen molar-refractivity contribution in [1.29, 1.82) is 0 Å². The van der Waals surface area contributed by atoms with Crippen LogP contribution in [0.3, 0.4) is 0 Å². The van der Waals surface area contributed by atoms with E-state index in [0.717, 1.165) is 37.0 Å². The van der Waals surface area contributed by atoms with Gasteiger partial charge in [-0.1, -0.05) is 18.8 Å². The van der Waals surface area contributed by atoms with E-state index in [0.29, 0.717) is 61.8 Å². The van der Waals surface area contributed by atoms with Crippen molar-refractivity contribution in [3.63, 3.8) is 0 Å². The Bertz CT molecular complexity index is 1330. The lowest BCUT2D eigenvalue weighted by Gasteiger charge is -2.41. The Hall–Kier alpha value is -3.26. The highest BCUT2D eigenvalue weighted by atomic mass is 32.1. The SMILES string of the molecule is CC(C)(C)C#Cc1cc(N(C(=O)[C@H]2CC[C@H](C)CC2)C2CCN(C(=O)O[C@@H]3CCCN(C(=O)OC(C)(C)C)C3)CC2)c(C(=O)O)s1. The van der Waals surface area contributed by atoms with Crippen molar-refractivity contribution >= 4 is 41.1 Å². The summed E-state index contributed by atoms with van der Waals surface area (Å²) >= 11 is 1.11. The number of amides is 3. The van der Waals surface area contributed by atoms with Crippen LogP contribution < -0.4 is 4.90 Å². The lowest BCUT2D eigenvalue weighted by molar-refractivity contribution is -0.124. The molecule has 2 aliphatic heterocycles. The van der Waals surface area contributed by atoms with Crippen LogP contribution >= 0.6 is 11.3 Å². The number of carbonyl (C=O) groups is 4. The molecule has 0 unspecified atom stereocenters. The van der Waals surface area contributed by atoms with Crippen molar-refractivity contribution in [2.45, 2.75) is 118 Å². The third-order valence-electron chi connectivity index (χ3n) is 8.71. The van der Waals surface area contributed by atoms with Gasteiger partial charge in [-0.15, -0.1) is 11.3 Å². The van der Waals surface area contributed by atoms with Crippen molar-refractivity contribution in [2.75, 3.05) is 31.1 Å². The zero-order valence-electron chi connectivity index (χ0n) is 28.5. The number of carboxylic acid groups (broad SMARTS) is 1. The highest BCUT2D eigenvalue weighted by Gasteiger charge is 2.39. The van der Waals surface area contributed by atoms with Gasteiger partial charge in [-0.25, -0.2) is 14.4 Å². The summed E-state index contributed by atoms with van der Waals surface area (Å²) in [6.45, 7) is 15.3. The van der Waals surface area contributed by atoms with Crippen molar-refractivity contribution in [3.05, 3.63) is 15.8 Å². The summed E-state index contributed by atoms with van der Waals surface area (Å²) in [5.41, 5.74) is -0.454. The smallest absolute Gasteiger partial charge is 0.410 e. The highest BCUT2D eigenvalue weighted by Crippen LogP contribution is 2.38. The van der Waals surface area contributed by atoms with Gasteiger partial charge < -0.3 is 29.3 Å². The molecular formula is C35H51N3O7S. The fraction of sp³-hybridized carbons (Fsp3) is 0.714. The molecule has 0 aromatic carbocycles. The first-order chi connectivity index (χ1) is 21.5. The zero-order chi connectivity index (χ0) is 33.8. The molecule has 1 N–H and O–H groups in total. The van der Waals surface area contributed by atoms with Crippen molar-refractivity contribution < 1.29 is 33.8 Å². The van der Waals surface area contributed by atoms with E-state index in [2.05, 4.69) is 18.8 Å². The molecule has 1 aromatic heterocycles. The Morgan fingerprint density at radius 2 is 1.57 bits per heavy atom. The Morgan fingerprint density at radius 1 is 0.913 bits per heavy atom. The summed E-state index contributed by atoms with van der Waals surface area (Å²) < 4.78 is 11.3. The summed E-state index contributed by atoms with van der Waals surface area (Å²) in [6.07, 6.45) is 4.62. The van der Waals surface area contributed by atoms with E-state index in [-0.39, 0.29) is 34.7 Å². The number of thiophene rings is 1. The number of hydrogen-bond donors (Lipinski definition) is 1. The number of nitrogens with zero attached hydrogens (tertiary/aromatic N) is 3. The molecule has 1 atom stereocenters. The van der Waals surface area contributed by atoms with Gasteiger partial charge in [0, 0.05) is 37.0 Å². The molecule has 11 heteroatoms. The van der Waals surface area contributed by atoms with E-state index in [1.54, 1.807) is 20.8 Å². The number of ether oxygens (including phenoxy) is 2. The minimum atomic E-state index is -1.08. The zero-order valence-corrected chi connectivity index (χ0v) is 29.3. The lowest BCUT2D eigenvalue weighted by Crippen LogP contribution is -2.52. The average molecular weight is 658 g/mol. The molecule has 2 saturated heterocycles. The molecule has 3 amide bonds. The van der Waals surface area contributed by atoms with Gasteiger partial charge in [0.2, 0.25) is 5.91 Å². The molecule has 3 fully saturated rings. The number of carbonyl (C=O) groups excluding carboxylic acids is 3. The molecule has 0 radical (unpaired) electrons. The quantitative estimate of drug-likeness (QED) is 0.339. The number of aromatic carboxylic acids is 1. The van der Waals surface area contributed by atoms with Gasteiger partial charge in [-0.05, 0) is 105 Å². The molecule has 3 heterocycles. The first-order valence-corrected chi connectivity index (χ1v) is 17.5. The lowest BCUT2D eigenvalue weighted by atomic mass is 9.82.